The van der Waals surface area contributed by atoms with Crippen molar-refractivity contribution in [1.29, 1.82) is 0 Å². The highest BCUT2D eigenvalue weighted by Gasteiger charge is 2.44. The third-order valence-electron chi connectivity index (χ3n) is 3.01. The maximum Gasteiger partial charge on any atom is 0.408 e. The van der Waals surface area contributed by atoms with Crippen LogP contribution in [0.4, 0.5) is 9.59 Å². The van der Waals surface area contributed by atoms with Crippen LogP contribution in [-0.2, 0) is 19.0 Å². The number of aliphatic hydroxyl groups is 1. The van der Waals surface area contributed by atoms with Gasteiger partial charge in [0.25, 0.3) is 0 Å². The van der Waals surface area contributed by atoms with Crippen LogP contribution in [0.5, 0.6) is 0 Å². The van der Waals surface area contributed by atoms with Crippen molar-refractivity contribution in [1.82, 2.24) is 10.6 Å². The van der Waals surface area contributed by atoms with Crippen LogP contribution in [0.25, 0.3) is 0 Å². The zero-order valence-electron chi connectivity index (χ0n) is 15.5. The molecule has 0 aromatic rings. The van der Waals surface area contributed by atoms with Crippen molar-refractivity contribution in [2.24, 2.45) is 0 Å². The van der Waals surface area contributed by atoms with E-state index in [4.69, 9.17) is 14.2 Å². The van der Waals surface area contributed by atoms with E-state index in [2.05, 4.69) is 10.6 Å². The Kier molecular flexibility index (Phi) is 6.64. The Labute approximate surface area is 147 Å². The average Bonchev–Trinajstić information content (AvgIpc) is 2.62. The Morgan fingerprint density at radius 1 is 1.08 bits per heavy atom. The number of nitrogens with one attached hydrogen (secondary N) is 2. The van der Waals surface area contributed by atoms with Gasteiger partial charge < -0.3 is 30.0 Å². The fraction of sp³-hybridized carbons (Fsp3) is 0.812. The molecule has 9 nitrogen and oxygen atoms in total. The fourth-order valence-corrected chi connectivity index (χ4v) is 2.09. The van der Waals surface area contributed by atoms with Crippen LogP contribution in [0, 0.1) is 0 Å². The minimum Gasteiger partial charge on any atom is -0.458 e. The number of ether oxygens (including phenoxy) is 3. The van der Waals surface area contributed by atoms with Crippen molar-refractivity contribution < 1.29 is 33.7 Å². The molecule has 0 aromatic carbocycles. The van der Waals surface area contributed by atoms with E-state index >= 15 is 0 Å². The van der Waals surface area contributed by atoms with Crippen LogP contribution in [0.3, 0.4) is 0 Å². The summed E-state index contributed by atoms with van der Waals surface area (Å²) in [6.07, 6.45) is -3.32. The maximum atomic E-state index is 11.8. The number of esters is 1. The van der Waals surface area contributed by atoms with Crippen molar-refractivity contribution in [2.75, 3.05) is 6.54 Å². The molecule has 1 heterocycles. The number of amides is 2. The number of hydrogen-bond acceptors (Lipinski definition) is 7. The van der Waals surface area contributed by atoms with Gasteiger partial charge in [-0.1, -0.05) is 0 Å². The van der Waals surface area contributed by atoms with E-state index in [0.717, 1.165) is 0 Å². The van der Waals surface area contributed by atoms with Crippen molar-refractivity contribution in [3.63, 3.8) is 0 Å². The lowest BCUT2D eigenvalue weighted by Gasteiger charge is -2.22. The summed E-state index contributed by atoms with van der Waals surface area (Å²) in [5, 5.41) is 15.0. The molecule has 0 spiro atoms. The molecule has 1 aliphatic rings. The van der Waals surface area contributed by atoms with E-state index in [1.54, 1.807) is 41.5 Å². The first kappa shape index (κ1) is 21.0. The number of rotatable bonds is 4. The molecule has 0 saturated carbocycles. The van der Waals surface area contributed by atoms with Crippen LogP contribution in [0.15, 0.2) is 0 Å². The number of carbonyl (C=O) groups excluding carboxylic acids is 3. The van der Waals surface area contributed by atoms with E-state index in [0.29, 0.717) is 0 Å². The Hall–Kier alpha value is -2.03. The lowest BCUT2D eigenvalue weighted by atomic mass is 10.1. The molecule has 0 bridgehead atoms. The Balaban J connectivity index is 2.45. The summed E-state index contributed by atoms with van der Waals surface area (Å²) in [4.78, 5) is 35.1. The number of alkyl carbamates (subject to hydrolysis) is 2. The first-order valence-corrected chi connectivity index (χ1v) is 8.13. The van der Waals surface area contributed by atoms with Gasteiger partial charge in [0.15, 0.2) is 6.04 Å². The van der Waals surface area contributed by atoms with Crippen LogP contribution in [0.2, 0.25) is 0 Å². The van der Waals surface area contributed by atoms with Gasteiger partial charge in [-0.3, -0.25) is 0 Å². The summed E-state index contributed by atoms with van der Waals surface area (Å²) in [6, 6.07) is -1.21. The molecule has 0 aliphatic carbocycles. The summed E-state index contributed by atoms with van der Waals surface area (Å²) in [7, 11) is 0. The molecule has 25 heavy (non-hydrogen) atoms. The molecule has 0 radical (unpaired) electrons. The largest absolute Gasteiger partial charge is 0.458 e. The van der Waals surface area contributed by atoms with Gasteiger partial charge in [-0.15, -0.1) is 0 Å². The van der Waals surface area contributed by atoms with Gasteiger partial charge >= 0.3 is 18.2 Å². The predicted molar refractivity (Wildman–Crippen MR) is 87.9 cm³/mol. The lowest BCUT2D eigenvalue weighted by Crippen LogP contribution is -2.48. The van der Waals surface area contributed by atoms with Gasteiger partial charge in [0, 0.05) is 13.0 Å². The van der Waals surface area contributed by atoms with E-state index in [1.165, 1.54) is 0 Å². The van der Waals surface area contributed by atoms with Crippen molar-refractivity contribution in [3.8, 4) is 0 Å². The molecular weight excluding hydrogens is 332 g/mol. The molecule has 9 heteroatoms. The van der Waals surface area contributed by atoms with E-state index in [1.807, 2.05) is 0 Å². The van der Waals surface area contributed by atoms with Crippen LogP contribution in [0.1, 0.15) is 48.0 Å². The van der Waals surface area contributed by atoms with Crippen LogP contribution >= 0.6 is 0 Å². The second-order valence-electron chi connectivity index (χ2n) is 7.81. The van der Waals surface area contributed by atoms with Gasteiger partial charge in [0.2, 0.25) is 0 Å². The normalized spacial score (nSPS) is 23.6. The van der Waals surface area contributed by atoms with Crippen molar-refractivity contribution in [3.05, 3.63) is 0 Å². The van der Waals surface area contributed by atoms with Gasteiger partial charge in [-0.05, 0) is 41.5 Å². The molecule has 144 valence electrons. The van der Waals surface area contributed by atoms with Crippen molar-refractivity contribution >= 4 is 18.2 Å². The van der Waals surface area contributed by atoms with Gasteiger partial charge in [-0.2, -0.15) is 0 Å². The molecular formula is C16H28N2O7. The second kappa shape index (κ2) is 7.90. The highest BCUT2D eigenvalue weighted by atomic mass is 16.6. The fourth-order valence-electron chi connectivity index (χ4n) is 2.09. The topological polar surface area (TPSA) is 123 Å². The minimum absolute atomic E-state index is 0.142. The van der Waals surface area contributed by atoms with E-state index in [-0.39, 0.29) is 13.0 Å². The van der Waals surface area contributed by atoms with Gasteiger partial charge in [0.05, 0.1) is 0 Å². The molecule has 1 saturated heterocycles. The molecule has 1 unspecified atom stereocenters. The highest BCUT2D eigenvalue weighted by Crippen LogP contribution is 2.19. The smallest absolute Gasteiger partial charge is 0.408 e. The molecule has 3 atom stereocenters. The molecule has 2 amide bonds. The van der Waals surface area contributed by atoms with Crippen LogP contribution < -0.4 is 10.6 Å². The molecule has 0 aromatic heterocycles. The third kappa shape index (κ3) is 7.59. The summed E-state index contributed by atoms with van der Waals surface area (Å²) in [6.45, 7) is 10.4. The Morgan fingerprint density at radius 3 is 2.12 bits per heavy atom. The molecule has 3 N–H and O–H groups in total. The monoisotopic (exact) mass is 360 g/mol. The standard InChI is InChI=1S/C16H28N2O7/c1-15(2,3)24-13(21)17-8-7-9-11(19)10(12(20)23-9)18-14(22)25-16(4,5)6/h9-11,19H,7-8H2,1-6H3,(H,17,21)(H,18,22)/t9?,10-,11-/m0/s1. The SMILES string of the molecule is CC(C)(C)OC(=O)NCCC1OC(=O)[C@@H](NC(=O)OC(C)(C)C)[C@H]1O. The average molecular weight is 360 g/mol. The Morgan fingerprint density at radius 2 is 1.60 bits per heavy atom. The predicted octanol–water partition coefficient (Wildman–Crippen LogP) is 1.08. The molecule has 1 fully saturated rings. The van der Waals surface area contributed by atoms with Gasteiger partial charge in [0.1, 0.15) is 23.4 Å². The maximum absolute atomic E-state index is 11.8. The summed E-state index contributed by atoms with van der Waals surface area (Å²) in [5.74, 6) is -0.749. The minimum atomic E-state index is -1.24. The quantitative estimate of drug-likeness (QED) is 0.506. The van der Waals surface area contributed by atoms with Crippen LogP contribution in [-0.4, -0.2) is 59.3 Å². The van der Waals surface area contributed by atoms with Crippen molar-refractivity contribution in [2.45, 2.75) is 77.4 Å². The molecule has 1 aliphatic heterocycles. The zero-order valence-corrected chi connectivity index (χ0v) is 15.5. The zero-order chi connectivity index (χ0) is 19.4. The van der Waals surface area contributed by atoms with Gasteiger partial charge in [-0.25, -0.2) is 14.4 Å². The number of cyclic esters (lactones) is 1. The lowest BCUT2D eigenvalue weighted by molar-refractivity contribution is -0.143. The third-order valence-corrected chi connectivity index (χ3v) is 3.01. The highest BCUT2D eigenvalue weighted by molar-refractivity contribution is 5.84. The number of aliphatic hydroxyl groups excluding tert-OH is 1. The number of hydrogen-bond donors (Lipinski definition) is 3. The summed E-state index contributed by atoms with van der Waals surface area (Å²) in [5.41, 5.74) is -1.35. The molecule has 1 rings (SSSR count). The first-order valence-electron chi connectivity index (χ1n) is 8.13. The second-order valence-corrected chi connectivity index (χ2v) is 7.81. The van der Waals surface area contributed by atoms with E-state index in [9.17, 15) is 19.5 Å². The number of carbonyl (C=O) groups is 3. The first-order chi connectivity index (χ1) is 11.3. The summed E-state index contributed by atoms with van der Waals surface area (Å²) >= 11 is 0. The Bertz CT molecular complexity index is 508. The summed E-state index contributed by atoms with van der Waals surface area (Å²) < 4.78 is 15.2. The van der Waals surface area contributed by atoms with E-state index < -0.39 is 47.6 Å².